The van der Waals surface area contributed by atoms with Gasteiger partial charge in [0.25, 0.3) is 0 Å². The number of methoxy groups -OCH3 is 1. The molecule has 0 aliphatic carbocycles. The van der Waals surface area contributed by atoms with E-state index in [1.165, 1.54) is 0 Å². The molecule has 0 fully saturated rings. The molecule has 0 unspecified atom stereocenters. The van der Waals surface area contributed by atoms with Gasteiger partial charge in [0.15, 0.2) is 11.5 Å². The first kappa shape index (κ1) is 23.5. The number of aryl methyl sites for hydroxylation is 2. The molecule has 8 heteroatoms. The predicted octanol–water partition coefficient (Wildman–Crippen LogP) is 3.18. The maximum Gasteiger partial charge on any atom is 0.241 e. The number of anilines is 1. The fourth-order valence-electron chi connectivity index (χ4n) is 2.93. The van der Waals surface area contributed by atoms with Crippen molar-refractivity contribution in [2.24, 2.45) is 0 Å². The molecule has 0 radical (unpaired) electrons. The molecule has 0 heterocycles. The Morgan fingerprint density at radius 2 is 1.80 bits per heavy atom. The minimum atomic E-state index is -3.63. The zero-order valence-corrected chi connectivity index (χ0v) is 19.2. The van der Waals surface area contributed by atoms with Crippen molar-refractivity contribution in [2.45, 2.75) is 40.3 Å². The van der Waals surface area contributed by atoms with Gasteiger partial charge in [-0.25, -0.2) is 8.42 Å². The molecule has 30 heavy (non-hydrogen) atoms. The highest BCUT2D eigenvalue weighted by Gasteiger charge is 2.22. The van der Waals surface area contributed by atoms with Crippen LogP contribution in [0.5, 0.6) is 11.5 Å². The van der Waals surface area contributed by atoms with E-state index in [4.69, 9.17) is 9.47 Å². The summed E-state index contributed by atoms with van der Waals surface area (Å²) in [5.41, 5.74) is 3.02. The highest BCUT2D eigenvalue weighted by molar-refractivity contribution is 7.92. The van der Waals surface area contributed by atoms with E-state index in [2.05, 4.69) is 5.32 Å². The lowest BCUT2D eigenvalue weighted by atomic mass is 10.1. The molecule has 0 aliphatic rings. The number of carbonyl (C=O) groups excluding carboxylic acids is 1. The number of nitrogens with one attached hydrogen (secondary N) is 1. The minimum Gasteiger partial charge on any atom is -0.493 e. The second kappa shape index (κ2) is 9.84. The number of ether oxygens (including phenoxy) is 2. The second-order valence-corrected chi connectivity index (χ2v) is 9.39. The zero-order chi connectivity index (χ0) is 22.5. The van der Waals surface area contributed by atoms with Crippen LogP contribution in [-0.4, -0.2) is 40.3 Å². The molecule has 2 rings (SSSR count). The van der Waals surface area contributed by atoms with Gasteiger partial charge in [0.05, 0.1) is 25.2 Å². The van der Waals surface area contributed by atoms with E-state index in [9.17, 15) is 13.2 Å². The van der Waals surface area contributed by atoms with Crippen LogP contribution >= 0.6 is 0 Å². The van der Waals surface area contributed by atoms with Gasteiger partial charge in [0.2, 0.25) is 15.9 Å². The molecule has 1 amide bonds. The molecule has 164 valence electrons. The molecule has 0 saturated heterocycles. The number of nitrogens with zero attached hydrogens (tertiary/aromatic N) is 1. The maximum atomic E-state index is 12.5. The van der Waals surface area contributed by atoms with Crippen LogP contribution in [0.2, 0.25) is 0 Å². The monoisotopic (exact) mass is 434 g/mol. The van der Waals surface area contributed by atoms with Gasteiger partial charge in [-0.2, -0.15) is 0 Å². The van der Waals surface area contributed by atoms with Crippen LogP contribution in [0.1, 0.15) is 30.5 Å². The third-order valence-corrected chi connectivity index (χ3v) is 5.53. The molecule has 7 nitrogen and oxygen atoms in total. The molecule has 1 N–H and O–H groups in total. The predicted molar refractivity (Wildman–Crippen MR) is 119 cm³/mol. The Morgan fingerprint density at radius 1 is 1.10 bits per heavy atom. The Morgan fingerprint density at radius 3 is 2.40 bits per heavy atom. The van der Waals surface area contributed by atoms with Crippen molar-refractivity contribution in [1.29, 1.82) is 0 Å². The lowest BCUT2D eigenvalue weighted by Gasteiger charge is -2.24. The van der Waals surface area contributed by atoms with Crippen molar-refractivity contribution >= 4 is 21.6 Å². The normalized spacial score (nSPS) is 11.3. The third kappa shape index (κ3) is 6.38. The molecule has 2 aromatic carbocycles. The first-order chi connectivity index (χ1) is 14.0. The molecule has 0 saturated carbocycles. The number of rotatable bonds is 9. The van der Waals surface area contributed by atoms with Crippen molar-refractivity contribution in [1.82, 2.24) is 5.32 Å². The molecular weight excluding hydrogens is 404 g/mol. The summed E-state index contributed by atoms with van der Waals surface area (Å²) in [6.07, 6.45) is 1.11. The standard InChI is InChI=1S/C22H30N2O5S/c1-15(2)29-20-10-9-18(12-21(20)28-5)13-23-22(25)14-24(30(6,26)27)19-11-16(3)7-8-17(19)4/h7-12,15H,13-14H2,1-6H3,(H,23,25). The van der Waals surface area contributed by atoms with E-state index < -0.39 is 15.9 Å². The molecule has 0 spiro atoms. The fraction of sp³-hybridized carbons (Fsp3) is 0.409. The molecule has 2 aromatic rings. The van der Waals surface area contributed by atoms with Gasteiger partial charge in [-0.15, -0.1) is 0 Å². The molecule has 0 atom stereocenters. The SMILES string of the molecule is COc1cc(CNC(=O)CN(c2cc(C)ccc2C)S(C)(=O)=O)ccc1OC(C)C. The summed E-state index contributed by atoms with van der Waals surface area (Å²) in [5.74, 6) is 0.798. The average Bonchev–Trinajstić information content (AvgIpc) is 2.66. The van der Waals surface area contributed by atoms with Crippen LogP contribution in [0, 0.1) is 13.8 Å². The van der Waals surface area contributed by atoms with Gasteiger partial charge in [-0.1, -0.05) is 18.2 Å². The summed E-state index contributed by atoms with van der Waals surface area (Å²) in [4.78, 5) is 12.5. The summed E-state index contributed by atoms with van der Waals surface area (Å²) >= 11 is 0. The van der Waals surface area contributed by atoms with Crippen molar-refractivity contribution < 1.29 is 22.7 Å². The van der Waals surface area contributed by atoms with E-state index in [0.717, 1.165) is 27.3 Å². The molecule has 0 bridgehead atoms. The van der Waals surface area contributed by atoms with Crippen molar-refractivity contribution in [3.05, 3.63) is 53.1 Å². The Hall–Kier alpha value is -2.74. The summed E-state index contributed by atoms with van der Waals surface area (Å²) in [7, 11) is -2.07. The molecule has 0 aliphatic heterocycles. The number of carbonyl (C=O) groups is 1. The second-order valence-electron chi connectivity index (χ2n) is 7.49. The average molecular weight is 435 g/mol. The summed E-state index contributed by atoms with van der Waals surface area (Å²) in [6.45, 7) is 7.49. The number of amides is 1. The first-order valence-electron chi connectivity index (χ1n) is 9.66. The topological polar surface area (TPSA) is 84.9 Å². The lowest BCUT2D eigenvalue weighted by Crippen LogP contribution is -2.40. The van der Waals surface area contributed by atoms with E-state index in [1.54, 1.807) is 25.3 Å². The number of hydrogen-bond acceptors (Lipinski definition) is 5. The largest absolute Gasteiger partial charge is 0.493 e. The van der Waals surface area contributed by atoms with E-state index in [1.807, 2.05) is 45.9 Å². The summed E-state index contributed by atoms with van der Waals surface area (Å²) in [5, 5.41) is 2.78. The van der Waals surface area contributed by atoms with E-state index in [0.29, 0.717) is 17.2 Å². The zero-order valence-electron chi connectivity index (χ0n) is 18.4. The van der Waals surface area contributed by atoms with Gasteiger partial charge >= 0.3 is 0 Å². The van der Waals surface area contributed by atoms with Gasteiger partial charge in [-0.3, -0.25) is 9.10 Å². The highest BCUT2D eigenvalue weighted by atomic mass is 32.2. The fourth-order valence-corrected chi connectivity index (χ4v) is 3.84. The minimum absolute atomic E-state index is 0.0107. The summed E-state index contributed by atoms with van der Waals surface area (Å²) < 4.78 is 36.8. The highest BCUT2D eigenvalue weighted by Crippen LogP contribution is 2.29. The van der Waals surface area contributed by atoms with Crippen LogP contribution < -0.4 is 19.1 Å². The Balaban J connectivity index is 2.12. The van der Waals surface area contributed by atoms with E-state index in [-0.39, 0.29) is 19.2 Å². The number of benzene rings is 2. The van der Waals surface area contributed by atoms with Gasteiger partial charge in [-0.05, 0) is 62.6 Å². The summed E-state index contributed by atoms with van der Waals surface area (Å²) in [6, 6.07) is 10.9. The molecule has 0 aromatic heterocycles. The number of hydrogen-bond donors (Lipinski definition) is 1. The third-order valence-electron chi connectivity index (χ3n) is 4.40. The number of sulfonamides is 1. The van der Waals surface area contributed by atoms with E-state index >= 15 is 0 Å². The Kier molecular flexibility index (Phi) is 7.72. The van der Waals surface area contributed by atoms with Gasteiger partial charge in [0, 0.05) is 6.54 Å². The van der Waals surface area contributed by atoms with Gasteiger partial charge in [0.1, 0.15) is 6.54 Å². The maximum absolute atomic E-state index is 12.5. The Bertz CT molecular complexity index is 1000. The van der Waals surface area contributed by atoms with Crippen LogP contribution in [0.15, 0.2) is 36.4 Å². The van der Waals surface area contributed by atoms with Crippen LogP contribution in [0.3, 0.4) is 0 Å². The first-order valence-corrected chi connectivity index (χ1v) is 11.5. The van der Waals surface area contributed by atoms with Crippen molar-refractivity contribution in [3.63, 3.8) is 0 Å². The smallest absolute Gasteiger partial charge is 0.241 e. The van der Waals surface area contributed by atoms with Crippen molar-refractivity contribution in [2.75, 3.05) is 24.2 Å². The molecular formula is C22H30N2O5S. The Labute approximate surface area is 179 Å². The van der Waals surface area contributed by atoms with Crippen LogP contribution in [0.4, 0.5) is 5.69 Å². The van der Waals surface area contributed by atoms with Crippen LogP contribution in [0.25, 0.3) is 0 Å². The van der Waals surface area contributed by atoms with Gasteiger partial charge < -0.3 is 14.8 Å². The lowest BCUT2D eigenvalue weighted by molar-refractivity contribution is -0.119. The quantitative estimate of drug-likeness (QED) is 0.655. The van der Waals surface area contributed by atoms with Crippen LogP contribution in [-0.2, 0) is 21.4 Å². The van der Waals surface area contributed by atoms with Crippen molar-refractivity contribution in [3.8, 4) is 11.5 Å².